The zero-order valence-corrected chi connectivity index (χ0v) is 19.5. The van der Waals surface area contributed by atoms with Gasteiger partial charge in [-0.25, -0.2) is 9.37 Å². The number of fused-ring (bicyclic) bond motifs is 1. The Hall–Kier alpha value is -2.45. The molecule has 3 aliphatic rings. The number of likely N-dealkylation sites (tertiary alicyclic amines) is 1. The van der Waals surface area contributed by atoms with Crippen LogP contribution < -0.4 is 5.32 Å². The second-order valence-corrected chi connectivity index (χ2v) is 10.4. The molecular weight excluding hydrogens is 447 g/mol. The first kappa shape index (κ1) is 22.3. The van der Waals surface area contributed by atoms with Gasteiger partial charge in [0.05, 0.1) is 28.6 Å². The molecule has 1 saturated heterocycles. The fourth-order valence-corrected chi connectivity index (χ4v) is 6.50. The van der Waals surface area contributed by atoms with Gasteiger partial charge in [-0.15, -0.1) is 0 Å². The van der Waals surface area contributed by atoms with Gasteiger partial charge in [0.15, 0.2) is 0 Å². The van der Waals surface area contributed by atoms with Crippen LogP contribution in [-0.2, 0) is 11.8 Å². The van der Waals surface area contributed by atoms with Crippen molar-refractivity contribution in [2.24, 2.45) is 24.8 Å². The Morgan fingerprint density at radius 3 is 2.58 bits per heavy atom. The van der Waals surface area contributed by atoms with Crippen molar-refractivity contribution in [2.75, 3.05) is 18.9 Å². The molecule has 9 heteroatoms. The van der Waals surface area contributed by atoms with Gasteiger partial charge in [-0.2, -0.15) is 0 Å². The Kier molecular flexibility index (Phi) is 5.48. The molecule has 1 aromatic carbocycles. The second-order valence-electron chi connectivity index (χ2n) is 9.97. The van der Waals surface area contributed by atoms with Gasteiger partial charge < -0.3 is 19.9 Å². The molecule has 3 fully saturated rings. The lowest BCUT2D eigenvalue weighted by molar-refractivity contribution is -0.137. The fourth-order valence-electron chi connectivity index (χ4n) is 6.32. The summed E-state index contributed by atoms with van der Waals surface area (Å²) in [6.45, 7) is 0.704. The number of rotatable bonds is 4. The van der Waals surface area contributed by atoms with E-state index in [1.165, 1.54) is 18.2 Å². The Labute approximate surface area is 196 Å². The van der Waals surface area contributed by atoms with Crippen molar-refractivity contribution in [3.05, 3.63) is 46.8 Å². The predicted molar refractivity (Wildman–Crippen MR) is 121 cm³/mol. The van der Waals surface area contributed by atoms with Crippen molar-refractivity contribution in [3.8, 4) is 0 Å². The Balaban J connectivity index is 1.30. The van der Waals surface area contributed by atoms with Crippen LogP contribution in [0.4, 0.5) is 10.1 Å². The van der Waals surface area contributed by atoms with Crippen molar-refractivity contribution >= 4 is 29.1 Å². The van der Waals surface area contributed by atoms with Crippen LogP contribution >= 0.6 is 11.6 Å². The molecule has 33 heavy (non-hydrogen) atoms. The number of imidazole rings is 1. The SMILES string of the molecule is CN1CC[C@H](C2(O)CC3CC(c4ncn(C)c4C(=O)Nc4ccc(F)c(Cl)c4)CC3C2)C1=O. The number of aliphatic hydroxyl groups is 1. The van der Waals surface area contributed by atoms with Gasteiger partial charge in [-0.1, -0.05) is 11.6 Å². The Morgan fingerprint density at radius 1 is 1.27 bits per heavy atom. The number of nitrogens with one attached hydrogen (secondary N) is 1. The molecule has 0 radical (unpaired) electrons. The average Bonchev–Trinajstić information content (AvgIpc) is 3.48. The van der Waals surface area contributed by atoms with E-state index in [0.29, 0.717) is 49.0 Å². The molecule has 7 nitrogen and oxygen atoms in total. The minimum Gasteiger partial charge on any atom is -0.389 e. The smallest absolute Gasteiger partial charge is 0.274 e. The normalized spacial score (nSPS) is 31.3. The molecule has 2 aliphatic carbocycles. The zero-order chi connectivity index (χ0) is 23.5. The van der Waals surface area contributed by atoms with Crippen LogP contribution in [0, 0.1) is 23.6 Å². The topological polar surface area (TPSA) is 87.5 Å². The van der Waals surface area contributed by atoms with Gasteiger partial charge in [0.1, 0.15) is 11.5 Å². The molecule has 2 saturated carbocycles. The number of amides is 2. The summed E-state index contributed by atoms with van der Waals surface area (Å²) in [7, 11) is 3.57. The Morgan fingerprint density at radius 2 is 1.97 bits per heavy atom. The van der Waals surface area contributed by atoms with E-state index in [4.69, 9.17) is 11.6 Å². The van der Waals surface area contributed by atoms with E-state index in [9.17, 15) is 19.1 Å². The third-order valence-corrected chi connectivity index (χ3v) is 8.18. The van der Waals surface area contributed by atoms with Crippen LogP contribution in [0.5, 0.6) is 0 Å². The highest BCUT2D eigenvalue weighted by molar-refractivity contribution is 6.31. The summed E-state index contributed by atoms with van der Waals surface area (Å²) in [6.07, 6.45) is 5.28. The first-order valence-electron chi connectivity index (χ1n) is 11.4. The zero-order valence-electron chi connectivity index (χ0n) is 18.7. The summed E-state index contributed by atoms with van der Waals surface area (Å²) in [6, 6.07) is 4.07. The molecule has 2 N–H and O–H groups in total. The van der Waals surface area contributed by atoms with Crippen molar-refractivity contribution in [3.63, 3.8) is 0 Å². The van der Waals surface area contributed by atoms with Crippen LogP contribution in [-0.4, -0.2) is 50.6 Å². The van der Waals surface area contributed by atoms with E-state index in [0.717, 1.165) is 18.5 Å². The lowest BCUT2D eigenvalue weighted by Crippen LogP contribution is -2.40. The maximum absolute atomic E-state index is 13.5. The van der Waals surface area contributed by atoms with Crippen molar-refractivity contribution in [2.45, 2.75) is 43.6 Å². The lowest BCUT2D eigenvalue weighted by atomic mass is 9.81. The van der Waals surface area contributed by atoms with Crippen LogP contribution in [0.25, 0.3) is 0 Å². The van der Waals surface area contributed by atoms with E-state index < -0.39 is 11.4 Å². The predicted octanol–water partition coefficient (Wildman–Crippen LogP) is 3.58. The summed E-state index contributed by atoms with van der Waals surface area (Å²) in [4.78, 5) is 31.8. The maximum atomic E-state index is 13.5. The van der Waals surface area contributed by atoms with Crippen molar-refractivity contribution in [1.29, 1.82) is 0 Å². The average molecular weight is 475 g/mol. The third kappa shape index (κ3) is 3.83. The highest BCUT2D eigenvalue weighted by Crippen LogP contribution is 2.56. The molecule has 176 valence electrons. The van der Waals surface area contributed by atoms with E-state index in [1.54, 1.807) is 29.9 Å². The van der Waals surface area contributed by atoms with Crippen LogP contribution in [0.2, 0.25) is 5.02 Å². The molecule has 2 aromatic rings. The number of hydrogen-bond donors (Lipinski definition) is 2. The highest BCUT2D eigenvalue weighted by Gasteiger charge is 2.56. The van der Waals surface area contributed by atoms with E-state index in [1.807, 2.05) is 0 Å². The third-order valence-electron chi connectivity index (χ3n) is 7.89. The molecule has 0 spiro atoms. The molecule has 2 unspecified atom stereocenters. The number of halogens is 2. The molecule has 2 amide bonds. The number of anilines is 1. The Bertz CT molecular complexity index is 1110. The summed E-state index contributed by atoms with van der Waals surface area (Å²) >= 11 is 5.84. The first-order valence-corrected chi connectivity index (χ1v) is 11.8. The van der Waals surface area contributed by atoms with Crippen molar-refractivity contribution < 1.29 is 19.1 Å². The quantitative estimate of drug-likeness (QED) is 0.709. The minimum absolute atomic E-state index is 0.0543. The number of carbonyl (C=O) groups is 2. The molecule has 1 aromatic heterocycles. The lowest BCUT2D eigenvalue weighted by Gasteiger charge is -2.30. The van der Waals surface area contributed by atoms with Gasteiger partial charge in [0.25, 0.3) is 5.91 Å². The number of benzene rings is 1. The molecule has 5 rings (SSSR count). The van der Waals surface area contributed by atoms with Gasteiger partial charge in [-0.05, 0) is 62.1 Å². The number of carbonyl (C=O) groups excluding carboxylic acids is 2. The second kappa shape index (κ2) is 8.09. The number of nitrogens with zero attached hydrogens (tertiary/aromatic N) is 3. The largest absolute Gasteiger partial charge is 0.389 e. The fraction of sp³-hybridized carbons (Fsp3) is 0.542. The summed E-state index contributed by atoms with van der Waals surface area (Å²) in [5, 5.41) is 14.1. The van der Waals surface area contributed by atoms with Crippen LogP contribution in [0.15, 0.2) is 24.5 Å². The summed E-state index contributed by atoms with van der Waals surface area (Å²) < 4.78 is 15.2. The van der Waals surface area contributed by atoms with Crippen LogP contribution in [0.3, 0.4) is 0 Å². The number of hydrogen-bond acceptors (Lipinski definition) is 4. The molecule has 3 atom stereocenters. The first-order chi connectivity index (χ1) is 15.7. The van der Waals surface area contributed by atoms with Crippen molar-refractivity contribution in [1.82, 2.24) is 14.5 Å². The van der Waals surface area contributed by atoms with E-state index in [-0.39, 0.29) is 28.7 Å². The molecular formula is C24H28ClFN4O3. The van der Waals surface area contributed by atoms with Gasteiger partial charge in [0.2, 0.25) is 5.91 Å². The standard InChI is InChI=1S/C24H28ClFN4O3/c1-29-6-5-17(23(29)32)24(33)10-14-7-13(8-15(14)11-24)20-21(30(2)12-27-20)22(31)28-16-3-4-19(26)18(25)9-16/h3-4,9,12-15,17,33H,5-8,10-11H2,1-2H3,(H,28,31)/t13?,14?,15?,17-,24?/m0/s1. The van der Waals surface area contributed by atoms with E-state index >= 15 is 0 Å². The maximum Gasteiger partial charge on any atom is 0.274 e. The van der Waals surface area contributed by atoms with Gasteiger partial charge in [-0.3, -0.25) is 9.59 Å². The number of aromatic nitrogens is 2. The highest BCUT2D eigenvalue weighted by atomic mass is 35.5. The van der Waals surface area contributed by atoms with Crippen LogP contribution in [0.1, 0.15) is 54.2 Å². The molecule has 0 bridgehead atoms. The summed E-state index contributed by atoms with van der Waals surface area (Å²) in [5.41, 5.74) is 0.716. The van der Waals surface area contributed by atoms with E-state index in [2.05, 4.69) is 10.3 Å². The number of aryl methyl sites for hydroxylation is 1. The summed E-state index contributed by atoms with van der Waals surface area (Å²) in [5.74, 6) is -0.366. The van der Waals surface area contributed by atoms with Gasteiger partial charge >= 0.3 is 0 Å². The van der Waals surface area contributed by atoms with Gasteiger partial charge in [0, 0.05) is 32.2 Å². The minimum atomic E-state index is -0.922. The molecule has 2 heterocycles. The molecule has 1 aliphatic heterocycles. The monoisotopic (exact) mass is 474 g/mol.